The van der Waals surface area contributed by atoms with Gasteiger partial charge in [0.1, 0.15) is 12.2 Å². The topological polar surface area (TPSA) is 30.7 Å². The third kappa shape index (κ3) is 1.94. The van der Waals surface area contributed by atoms with Gasteiger partial charge >= 0.3 is 0 Å². The number of aromatic nitrogens is 3. The monoisotopic (exact) mass is 223 g/mol. The average Bonchev–Trinajstić information content (AvgIpc) is 3.13. The lowest BCUT2D eigenvalue weighted by Gasteiger charge is -2.00. The first kappa shape index (κ1) is 10.1. The predicted molar refractivity (Wildman–Crippen MR) is 66.3 cm³/mol. The average molecular weight is 223 g/mol. The van der Waals surface area contributed by atoms with Crippen LogP contribution in [-0.4, -0.2) is 14.8 Å². The van der Waals surface area contributed by atoms with Crippen LogP contribution in [0.5, 0.6) is 0 Å². The smallest absolute Gasteiger partial charge is 0.111 e. The molecule has 0 spiro atoms. The van der Waals surface area contributed by atoms with Crippen LogP contribution in [0.15, 0.2) is 30.5 Å². The summed E-state index contributed by atoms with van der Waals surface area (Å²) in [6, 6.07) is 7.97. The van der Waals surface area contributed by atoms with Gasteiger partial charge in [0.2, 0.25) is 0 Å². The molecule has 2 aromatic rings. The fourth-order valence-corrected chi connectivity index (χ4v) is 1.99. The highest BCUT2D eigenvalue weighted by molar-refractivity contribution is 5.54. The Hall–Kier alpha value is -2.08. The summed E-state index contributed by atoms with van der Waals surface area (Å²) in [7, 11) is 0. The molecule has 1 aliphatic rings. The number of pyridine rings is 1. The summed E-state index contributed by atoms with van der Waals surface area (Å²) in [5.41, 5.74) is 3.08. The van der Waals surface area contributed by atoms with Crippen molar-refractivity contribution in [2.75, 3.05) is 0 Å². The molecule has 1 fully saturated rings. The van der Waals surface area contributed by atoms with E-state index in [0.717, 1.165) is 11.4 Å². The van der Waals surface area contributed by atoms with Crippen molar-refractivity contribution in [2.24, 2.45) is 0 Å². The van der Waals surface area contributed by atoms with E-state index >= 15 is 0 Å². The standard InChI is InChI=1S/C14H13N3/c1-2-9-17-14(11-6-7-11)10-13(16-17)12-5-3-4-8-15-12/h1,3-5,8,10-11H,6-7,9H2. The number of terminal acetylenes is 1. The van der Waals surface area contributed by atoms with Gasteiger partial charge < -0.3 is 0 Å². The van der Waals surface area contributed by atoms with Gasteiger partial charge in [0.15, 0.2) is 0 Å². The SMILES string of the molecule is C#CCn1nc(-c2ccccn2)cc1C1CC1. The third-order valence-electron chi connectivity index (χ3n) is 2.98. The Bertz CT molecular complexity index is 559. The van der Waals surface area contributed by atoms with E-state index in [0.29, 0.717) is 12.5 Å². The Kier molecular flexibility index (Phi) is 2.41. The normalized spacial score (nSPS) is 14.5. The second-order valence-corrected chi connectivity index (χ2v) is 4.31. The summed E-state index contributed by atoms with van der Waals surface area (Å²) in [4.78, 5) is 4.32. The summed E-state index contributed by atoms with van der Waals surface area (Å²) >= 11 is 0. The highest BCUT2D eigenvalue weighted by Crippen LogP contribution is 2.41. The van der Waals surface area contributed by atoms with Gasteiger partial charge in [-0.25, -0.2) is 0 Å². The molecule has 0 atom stereocenters. The molecule has 0 aliphatic heterocycles. The van der Waals surface area contributed by atoms with Crippen molar-refractivity contribution in [1.29, 1.82) is 0 Å². The Labute approximate surface area is 100 Å². The molecule has 0 radical (unpaired) electrons. The van der Waals surface area contributed by atoms with Crippen molar-refractivity contribution in [3.63, 3.8) is 0 Å². The van der Waals surface area contributed by atoms with E-state index in [1.807, 2.05) is 22.9 Å². The minimum atomic E-state index is 0.540. The van der Waals surface area contributed by atoms with Crippen LogP contribution < -0.4 is 0 Å². The Morgan fingerprint density at radius 1 is 1.35 bits per heavy atom. The van der Waals surface area contributed by atoms with Crippen molar-refractivity contribution >= 4 is 0 Å². The molecule has 0 bridgehead atoms. The van der Waals surface area contributed by atoms with Crippen LogP contribution in [0.4, 0.5) is 0 Å². The van der Waals surface area contributed by atoms with E-state index in [1.165, 1.54) is 18.5 Å². The van der Waals surface area contributed by atoms with Crippen LogP contribution in [0.2, 0.25) is 0 Å². The van der Waals surface area contributed by atoms with Gasteiger partial charge in [-0.05, 0) is 31.0 Å². The summed E-state index contributed by atoms with van der Waals surface area (Å²) < 4.78 is 1.93. The van der Waals surface area contributed by atoms with Gasteiger partial charge in [-0.1, -0.05) is 12.0 Å². The number of hydrogen-bond donors (Lipinski definition) is 0. The first-order valence-corrected chi connectivity index (χ1v) is 5.81. The first-order valence-electron chi connectivity index (χ1n) is 5.81. The molecule has 2 aromatic heterocycles. The summed E-state index contributed by atoms with van der Waals surface area (Å²) in [6.07, 6.45) is 9.65. The molecule has 1 saturated carbocycles. The molecule has 84 valence electrons. The van der Waals surface area contributed by atoms with Gasteiger partial charge in [0, 0.05) is 17.8 Å². The number of nitrogens with zero attached hydrogens (tertiary/aromatic N) is 3. The fourth-order valence-electron chi connectivity index (χ4n) is 1.99. The van der Waals surface area contributed by atoms with Crippen LogP contribution in [-0.2, 0) is 6.54 Å². The molecule has 1 aliphatic carbocycles. The summed E-state index contributed by atoms with van der Waals surface area (Å²) in [5.74, 6) is 3.30. The van der Waals surface area contributed by atoms with E-state index in [-0.39, 0.29) is 0 Å². The van der Waals surface area contributed by atoms with Crippen LogP contribution in [0.25, 0.3) is 11.4 Å². The molecular formula is C14H13N3. The highest BCUT2D eigenvalue weighted by atomic mass is 15.3. The predicted octanol–water partition coefficient (Wildman–Crippen LogP) is 2.46. The Balaban J connectivity index is 2.01. The van der Waals surface area contributed by atoms with Crippen molar-refractivity contribution in [1.82, 2.24) is 14.8 Å². The highest BCUT2D eigenvalue weighted by Gasteiger charge is 2.28. The molecule has 3 nitrogen and oxygen atoms in total. The molecule has 3 rings (SSSR count). The van der Waals surface area contributed by atoms with Gasteiger partial charge in [0.05, 0.1) is 5.69 Å². The lowest BCUT2D eigenvalue weighted by molar-refractivity contribution is 0.672. The minimum Gasteiger partial charge on any atom is -0.257 e. The molecule has 17 heavy (non-hydrogen) atoms. The van der Waals surface area contributed by atoms with Crippen molar-refractivity contribution in [3.8, 4) is 23.7 Å². The van der Waals surface area contributed by atoms with Gasteiger partial charge in [0.25, 0.3) is 0 Å². The van der Waals surface area contributed by atoms with Crippen LogP contribution in [0.3, 0.4) is 0 Å². The molecule has 0 unspecified atom stereocenters. The van der Waals surface area contributed by atoms with Crippen molar-refractivity contribution in [3.05, 3.63) is 36.2 Å². The quantitative estimate of drug-likeness (QED) is 0.748. The van der Waals surface area contributed by atoms with Gasteiger partial charge in [-0.3, -0.25) is 9.67 Å². The van der Waals surface area contributed by atoms with Crippen LogP contribution in [0.1, 0.15) is 24.5 Å². The van der Waals surface area contributed by atoms with Crippen LogP contribution >= 0.6 is 0 Å². The molecule has 3 heteroatoms. The van der Waals surface area contributed by atoms with Crippen LogP contribution in [0, 0.1) is 12.3 Å². The second-order valence-electron chi connectivity index (χ2n) is 4.31. The molecule has 0 amide bonds. The maximum absolute atomic E-state index is 5.37. The molecular weight excluding hydrogens is 210 g/mol. The molecule has 0 aromatic carbocycles. The number of rotatable bonds is 3. The number of hydrogen-bond acceptors (Lipinski definition) is 2. The van der Waals surface area contributed by atoms with E-state index in [2.05, 4.69) is 22.1 Å². The third-order valence-corrected chi connectivity index (χ3v) is 2.98. The first-order chi connectivity index (χ1) is 8.38. The van der Waals surface area contributed by atoms with Gasteiger partial charge in [-0.15, -0.1) is 6.42 Å². The molecule has 0 saturated heterocycles. The maximum atomic E-state index is 5.37. The van der Waals surface area contributed by atoms with Crippen molar-refractivity contribution in [2.45, 2.75) is 25.3 Å². The van der Waals surface area contributed by atoms with E-state index in [9.17, 15) is 0 Å². The van der Waals surface area contributed by atoms with E-state index in [4.69, 9.17) is 6.42 Å². The summed E-state index contributed by atoms with van der Waals surface area (Å²) in [5, 5.41) is 4.54. The zero-order valence-corrected chi connectivity index (χ0v) is 9.50. The molecule has 0 N–H and O–H groups in total. The Morgan fingerprint density at radius 2 is 2.24 bits per heavy atom. The van der Waals surface area contributed by atoms with Crippen molar-refractivity contribution < 1.29 is 0 Å². The zero-order chi connectivity index (χ0) is 11.7. The molecule has 2 heterocycles. The second kappa shape index (κ2) is 4.06. The minimum absolute atomic E-state index is 0.540. The summed E-state index contributed by atoms with van der Waals surface area (Å²) in [6.45, 7) is 0.540. The zero-order valence-electron chi connectivity index (χ0n) is 9.50. The van der Waals surface area contributed by atoms with E-state index < -0.39 is 0 Å². The lowest BCUT2D eigenvalue weighted by atomic mass is 10.2. The lowest BCUT2D eigenvalue weighted by Crippen LogP contribution is -2.02. The largest absolute Gasteiger partial charge is 0.257 e. The van der Waals surface area contributed by atoms with Gasteiger partial charge in [-0.2, -0.15) is 5.10 Å². The fraction of sp³-hybridized carbons (Fsp3) is 0.286. The Morgan fingerprint density at radius 3 is 2.88 bits per heavy atom. The van der Waals surface area contributed by atoms with E-state index in [1.54, 1.807) is 6.20 Å². The maximum Gasteiger partial charge on any atom is 0.111 e.